The molecule has 8 heteroatoms. The van der Waals surface area contributed by atoms with Crippen molar-refractivity contribution in [2.45, 2.75) is 11.8 Å². The predicted molar refractivity (Wildman–Crippen MR) is 68.4 cm³/mol. The van der Waals surface area contributed by atoms with Gasteiger partial charge in [0.05, 0.1) is 10.6 Å². The number of hydrogen-bond donors (Lipinski definition) is 4. The van der Waals surface area contributed by atoms with Crippen LogP contribution in [0.5, 0.6) is 0 Å². The lowest BCUT2D eigenvalue weighted by Gasteiger charge is -2.12. The Morgan fingerprint density at radius 1 is 1.39 bits per heavy atom. The number of anilines is 1. The Balaban J connectivity index is 3.16. The van der Waals surface area contributed by atoms with E-state index in [1.54, 1.807) is 19.1 Å². The van der Waals surface area contributed by atoms with Gasteiger partial charge < -0.3 is 11.1 Å². The highest BCUT2D eigenvalue weighted by Gasteiger charge is 2.16. The monoisotopic (exact) mass is 270 g/mol. The van der Waals surface area contributed by atoms with Crippen molar-refractivity contribution in [1.82, 2.24) is 5.32 Å². The summed E-state index contributed by atoms with van der Waals surface area (Å²) in [5.41, 5.74) is 5.78. The highest BCUT2D eigenvalue weighted by molar-refractivity contribution is 7.90. The van der Waals surface area contributed by atoms with Crippen molar-refractivity contribution in [3.8, 4) is 0 Å². The molecule has 0 aliphatic rings. The number of nitrogens with one attached hydrogen (secondary N) is 3. The van der Waals surface area contributed by atoms with Crippen LogP contribution in [0.1, 0.15) is 5.56 Å². The molecular formula is C10H14N4O3S. The fraction of sp³-hybridized carbons (Fsp3) is 0.200. The predicted octanol–water partition coefficient (Wildman–Crippen LogP) is 0.413. The van der Waals surface area contributed by atoms with Crippen molar-refractivity contribution in [2.75, 3.05) is 11.6 Å². The summed E-state index contributed by atoms with van der Waals surface area (Å²) < 4.78 is 23.1. The molecule has 0 fully saturated rings. The number of para-hydroxylation sites is 1. The van der Waals surface area contributed by atoms with Gasteiger partial charge in [0.25, 0.3) is 0 Å². The van der Waals surface area contributed by atoms with Crippen LogP contribution >= 0.6 is 0 Å². The maximum absolute atomic E-state index is 11.6. The van der Waals surface area contributed by atoms with E-state index in [2.05, 4.69) is 5.32 Å². The van der Waals surface area contributed by atoms with Crippen molar-refractivity contribution in [2.24, 2.45) is 5.73 Å². The molecule has 0 saturated carbocycles. The van der Waals surface area contributed by atoms with Gasteiger partial charge in [-0.25, -0.2) is 13.2 Å². The quantitative estimate of drug-likeness (QED) is 0.459. The van der Waals surface area contributed by atoms with Crippen molar-refractivity contribution in [1.29, 1.82) is 5.41 Å². The molecule has 1 aromatic rings. The molecule has 0 spiro atoms. The first kappa shape index (κ1) is 14.0. The maximum atomic E-state index is 11.6. The number of urea groups is 1. The summed E-state index contributed by atoms with van der Waals surface area (Å²) in [4.78, 5) is 11.4. The maximum Gasteiger partial charge on any atom is 0.326 e. The Labute approximate surface area is 105 Å². The number of guanidine groups is 1. The molecule has 18 heavy (non-hydrogen) atoms. The largest absolute Gasteiger partial charge is 0.370 e. The van der Waals surface area contributed by atoms with E-state index < -0.39 is 21.8 Å². The van der Waals surface area contributed by atoms with Gasteiger partial charge in [-0.1, -0.05) is 12.1 Å². The first-order valence-electron chi connectivity index (χ1n) is 4.93. The van der Waals surface area contributed by atoms with Gasteiger partial charge in [-0.2, -0.15) is 0 Å². The highest BCUT2D eigenvalue weighted by Crippen LogP contribution is 2.24. The molecule has 0 unspecified atom stereocenters. The van der Waals surface area contributed by atoms with Crippen LogP contribution in [-0.2, 0) is 9.84 Å². The second kappa shape index (κ2) is 5.05. The molecule has 0 saturated heterocycles. The Bertz CT molecular complexity index is 595. The molecule has 0 aliphatic heterocycles. The number of aryl methyl sites for hydroxylation is 1. The molecule has 0 bridgehead atoms. The molecule has 0 aromatic heterocycles. The lowest BCUT2D eigenvalue weighted by molar-refractivity contribution is 0.256. The summed E-state index contributed by atoms with van der Waals surface area (Å²) in [6, 6.07) is 3.88. The topological polar surface area (TPSA) is 125 Å². The lowest BCUT2D eigenvalue weighted by Crippen LogP contribution is -2.39. The summed E-state index contributed by atoms with van der Waals surface area (Å²) in [6.45, 7) is 1.66. The smallest absolute Gasteiger partial charge is 0.326 e. The summed E-state index contributed by atoms with van der Waals surface area (Å²) in [5, 5.41) is 11.3. The van der Waals surface area contributed by atoms with Crippen LogP contribution in [0.2, 0.25) is 0 Å². The van der Waals surface area contributed by atoms with Crippen molar-refractivity contribution in [3.05, 3.63) is 23.8 Å². The van der Waals surface area contributed by atoms with E-state index in [1.165, 1.54) is 6.07 Å². The molecule has 1 aromatic carbocycles. The minimum atomic E-state index is -3.46. The van der Waals surface area contributed by atoms with Crippen molar-refractivity contribution >= 4 is 27.5 Å². The van der Waals surface area contributed by atoms with E-state index in [9.17, 15) is 13.2 Å². The number of benzene rings is 1. The highest BCUT2D eigenvalue weighted by atomic mass is 32.2. The van der Waals surface area contributed by atoms with Gasteiger partial charge in [0, 0.05) is 6.26 Å². The average molecular weight is 270 g/mol. The molecule has 0 heterocycles. The van der Waals surface area contributed by atoms with Crippen molar-refractivity contribution in [3.63, 3.8) is 0 Å². The van der Waals surface area contributed by atoms with Gasteiger partial charge >= 0.3 is 6.03 Å². The van der Waals surface area contributed by atoms with E-state index in [0.29, 0.717) is 5.56 Å². The normalized spacial score (nSPS) is 10.8. The average Bonchev–Trinajstić information content (AvgIpc) is 2.18. The fourth-order valence-electron chi connectivity index (χ4n) is 1.38. The lowest BCUT2D eigenvalue weighted by atomic mass is 10.2. The number of amides is 2. The Morgan fingerprint density at radius 2 is 2.00 bits per heavy atom. The van der Waals surface area contributed by atoms with Crippen LogP contribution in [0.4, 0.5) is 10.5 Å². The first-order chi connectivity index (χ1) is 8.21. The van der Waals surface area contributed by atoms with Crippen LogP contribution in [0, 0.1) is 12.3 Å². The number of carbonyl (C=O) groups excluding carboxylic acids is 1. The number of nitrogens with two attached hydrogens (primary N) is 1. The van der Waals surface area contributed by atoms with Crippen LogP contribution in [-0.4, -0.2) is 26.7 Å². The molecule has 1 rings (SSSR count). The van der Waals surface area contributed by atoms with Gasteiger partial charge in [-0.3, -0.25) is 10.7 Å². The summed E-state index contributed by atoms with van der Waals surface area (Å²) in [5.74, 6) is -0.526. The first-order valence-corrected chi connectivity index (χ1v) is 6.82. The number of sulfone groups is 1. The minimum Gasteiger partial charge on any atom is -0.370 e. The van der Waals surface area contributed by atoms with Gasteiger partial charge in [0.15, 0.2) is 15.8 Å². The van der Waals surface area contributed by atoms with Crippen LogP contribution < -0.4 is 16.4 Å². The molecule has 7 nitrogen and oxygen atoms in total. The zero-order valence-electron chi connectivity index (χ0n) is 9.94. The van der Waals surface area contributed by atoms with Crippen LogP contribution in [0.15, 0.2) is 23.1 Å². The van der Waals surface area contributed by atoms with E-state index in [-0.39, 0.29) is 10.6 Å². The Kier molecular flexibility index (Phi) is 3.92. The van der Waals surface area contributed by atoms with Gasteiger partial charge in [0.1, 0.15) is 0 Å². The molecule has 0 atom stereocenters. The Hall–Kier alpha value is -2.09. The van der Waals surface area contributed by atoms with Crippen LogP contribution in [0.25, 0.3) is 0 Å². The van der Waals surface area contributed by atoms with E-state index in [0.717, 1.165) is 6.26 Å². The van der Waals surface area contributed by atoms with Gasteiger partial charge in [0.2, 0.25) is 0 Å². The molecule has 2 amide bonds. The summed E-state index contributed by atoms with van der Waals surface area (Å²) >= 11 is 0. The van der Waals surface area contributed by atoms with Gasteiger partial charge in [-0.05, 0) is 18.6 Å². The third-order valence-corrected chi connectivity index (χ3v) is 3.26. The van der Waals surface area contributed by atoms with E-state index in [1.807, 2.05) is 5.32 Å². The number of rotatable bonds is 2. The van der Waals surface area contributed by atoms with Crippen molar-refractivity contribution < 1.29 is 13.2 Å². The summed E-state index contributed by atoms with van der Waals surface area (Å²) in [7, 11) is -3.46. The molecule has 5 N–H and O–H groups in total. The second-order valence-electron chi connectivity index (χ2n) is 3.71. The number of hydrogen-bond acceptors (Lipinski definition) is 4. The molecule has 98 valence electrons. The zero-order chi connectivity index (χ0) is 13.9. The molecule has 0 aliphatic carbocycles. The van der Waals surface area contributed by atoms with E-state index >= 15 is 0 Å². The molecule has 0 radical (unpaired) electrons. The second-order valence-corrected chi connectivity index (χ2v) is 5.70. The zero-order valence-corrected chi connectivity index (χ0v) is 10.8. The Morgan fingerprint density at radius 3 is 2.50 bits per heavy atom. The summed E-state index contributed by atoms with van der Waals surface area (Å²) in [6.07, 6.45) is 1.05. The third kappa shape index (κ3) is 3.45. The third-order valence-electron chi connectivity index (χ3n) is 2.12. The van der Waals surface area contributed by atoms with E-state index in [4.69, 9.17) is 11.1 Å². The van der Waals surface area contributed by atoms with Crippen LogP contribution in [0.3, 0.4) is 0 Å². The standard InChI is InChI=1S/C10H14N4O3S/c1-6-4-3-5-7(18(2,16)17)8(6)13-10(15)14-9(11)12/h3-5H,1-2H3,(H5,11,12,13,14,15). The number of carbonyl (C=O) groups is 1. The SMILES string of the molecule is Cc1cccc(S(C)(=O)=O)c1NC(=O)NC(=N)N. The molecular weight excluding hydrogens is 256 g/mol. The minimum absolute atomic E-state index is 0.0150. The van der Waals surface area contributed by atoms with Gasteiger partial charge in [-0.15, -0.1) is 0 Å². The fourth-order valence-corrected chi connectivity index (χ4v) is 2.29.